The van der Waals surface area contributed by atoms with Crippen LogP contribution in [0.3, 0.4) is 0 Å². The van der Waals surface area contributed by atoms with E-state index in [2.05, 4.69) is 22.0 Å². The van der Waals surface area contributed by atoms with Gasteiger partial charge in [0.1, 0.15) is 0 Å². The lowest BCUT2D eigenvalue weighted by Gasteiger charge is -2.12. The molecule has 1 aromatic rings. The molecule has 0 saturated carbocycles. The van der Waals surface area contributed by atoms with Crippen molar-refractivity contribution in [3.05, 3.63) is 18.0 Å². The monoisotopic (exact) mass is 165 g/mol. The summed E-state index contributed by atoms with van der Waals surface area (Å²) in [4.78, 5) is 2.47. The van der Waals surface area contributed by atoms with E-state index < -0.39 is 0 Å². The van der Waals surface area contributed by atoms with Crippen LogP contribution in [0.25, 0.3) is 0 Å². The molecule has 0 bridgehead atoms. The largest absolute Gasteiger partial charge is 0.297 e. The molecule has 0 radical (unpaired) electrons. The van der Waals surface area contributed by atoms with E-state index in [0.717, 1.165) is 12.5 Å². The number of hydrogen-bond acceptors (Lipinski definition) is 2. The summed E-state index contributed by atoms with van der Waals surface area (Å²) >= 11 is 0. The van der Waals surface area contributed by atoms with Gasteiger partial charge in [0.15, 0.2) is 0 Å². The molecule has 2 heterocycles. The maximum absolute atomic E-state index is 3.93. The Morgan fingerprint density at radius 1 is 1.75 bits per heavy atom. The van der Waals surface area contributed by atoms with Gasteiger partial charge in [0, 0.05) is 25.0 Å². The quantitative estimate of drug-likeness (QED) is 0.715. The second-order valence-electron chi connectivity index (χ2n) is 3.71. The molecule has 2 rings (SSSR count). The Bertz CT molecular complexity index is 230. The minimum atomic E-state index is 0.868. The molecule has 0 aromatic carbocycles. The van der Waals surface area contributed by atoms with Crippen LogP contribution >= 0.6 is 0 Å². The van der Waals surface area contributed by atoms with Crippen LogP contribution < -0.4 is 0 Å². The highest BCUT2D eigenvalue weighted by Gasteiger charge is 2.18. The molecule has 1 N–H and O–H groups in total. The van der Waals surface area contributed by atoms with E-state index in [0.29, 0.717) is 0 Å². The van der Waals surface area contributed by atoms with E-state index in [-0.39, 0.29) is 0 Å². The fourth-order valence-corrected chi connectivity index (χ4v) is 1.78. The number of hydrogen-bond donors (Lipinski definition) is 1. The molecule has 1 fully saturated rings. The molecule has 1 aromatic heterocycles. The zero-order chi connectivity index (χ0) is 8.39. The second kappa shape index (κ2) is 3.27. The van der Waals surface area contributed by atoms with E-state index in [1.54, 1.807) is 0 Å². The molecular weight excluding hydrogens is 150 g/mol. The number of rotatable bonds is 2. The zero-order valence-electron chi connectivity index (χ0n) is 7.45. The smallest absolute Gasteiger partial charge is 0.0492 e. The average Bonchev–Trinajstić information content (AvgIpc) is 2.63. The summed E-state index contributed by atoms with van der Waals surface area (Å²) in [5, 5.41) is 6.92. The van der Waals surface area contributed by atoms with Crippen LogP contribution in [0.1, 0.15) is 19.0 Å². The molecule has 66 valence electrons. The predicted molar refractivity (Wildman–Crippen MR) is 47.6 cm³/mol. The molecule has 1 atom stereocenters. The van der Waals surface area contributed by atoms with E-state index in [1.165, 1.54) is 25.2 Å². The van der Waals surface area contributed by atoms with E-state index in [4.69, 9.17) is 0 Å². The van der Waals surface area contributed by atoms with Crippen LogP contribution in [-0.2, 0) is 6.54 Å². The van der Waals surface area contributed by atoms with Gasteiger partial charge in [-0.15, -0.1) is 0 Å². The first kappa shape index (κ1) is 7.80. The molecule has 1 saturated heterocycles. The third kappa shape index (κ3) is 1.67. The molecule has 0 amide bonds. The SMILES string of the molecule is CC1CCN(Cc2ccn[nH]2)C1. The van der Waals surface area contributed by atoms with Gasteiger partial charge in [-0.3, -0.25) is 10.00 Å². The minimum absolute atomic E-state index is 0.868. The Kier molecular flexibility index (Phi) is 2.13. The number of likely N-dealkylation sites (tertiary alicyclic amines) is 1. The number of nitrogens with one attached hydrogen (secondary N) is 1. The van der Waals surface area contributed by atoms with Gasteiger partial charge in [0.25, 0.3) is 0 Å². The first-order valence-corrected chi connectivity index (χ1v) is 4.55. The molecule has 0 aliphatic carbocycles. The molecule has 3 heteroatoms. The van der Waals surface area contributed by atoms with Gasteiger partial charge in [0.05, 0.1) is 0 Å². The number of H-pyrrole nitrogens is 1. The van der Waals surface area contributed by atoms with Crippen LogP contribution in [-0.4, -0.2) is 28.2 Å². The molecule has 1 aliphatic heterocycles. The highest BCUT2D eigenvalue weighted by atomic mass is 15.2. The van der Waals surface area contributed by atoms with Gasteiger partial charge in [-0.05, 0) is 24.9 Å². The fourth-order valence-electron chi connectivity index (χ4n) is 1.78. The molecule has 1 aliphatic rings. The van der Waals surface area contributed by atoms with Crippen molar-refractivity contribution in [1.82, 2.24) is 15.1 Å². The molecule has 0 spiro atoms. The molecule has 12 heavy (non-hydrogen) atoms. The Morgan fingerprint density at radius 3 is 3.25 bits per heavy atom. The Morgan fingerprint density at radius 2 is 2.67 bits per heavy atom. The lowest BCUT2D eigenvalue weighted by molar-refractivity contribution is 0.316. The lowest BCUT2D eigenvalue weighted by atomic mass is 10.2. The van der Waals surface area contributed by atoms with E-state index in [9.17, 15) is 0 Å². The van der Waals surface area contributed by atoms with Gasteiger partial charge in [0.2, 0.25) is 0 Å². The lowest BCUT2D eigenvalue weighted by Crippen LogP contribution is -2.19. The number of aromatic amines is 1. The topological polar surface area (TPSA) is 31.9 Å². The molecular formula is C9H15N3. The number of nitrogens with zero attached hydrogens (tertiary/aromatic N) is 2. The standard InChI is InChI=1S/C9H15N3/c1-8-3-5-12(6-8)7-9-2-4-10-11-9/h2,4,8H,3,5-7H2,1H3,(H,10,11). The fraction of sp³-hybridized carbons (Fsp3) is 0.667. The van der Waals surface area contributed by atoms with Crippen molar-refractivity contribution in [2.75, 3.05) is 13.1 Å². The minimum Gasteiger partial charge on any atom is -0.297 e. The van der Waals surface area contributed by atoms with Gasteiger partial charge in [-0.25, -0.2) is 0 Å². The van der Waals surface area contributed by atoms with Crippen molar-refractivity contribution in [1.29, 1.82) is 0 Å². The van der Waals surface area contributed by atoms with Crippen molar-refractivity contribution in [3.8, 4) is 0 Å². The number of aromatic nitrogens is 2. The van der Waals surface area contributed by atoms with Crippen molar-refractivity contribution in [2.45, 2.75) is 19.9 Å². The summed E-state index contributed by atoms with van der Waals surface area (Å²) < 4.78 is 0. The zero-order valence-corrected chi connectivity index (χ0v) is 7.45. The Labute approximate surface area is 72.8 Å². The summed E-state index contributed by atoms with van der Waals surface area (Å²) in [5.41, 5.74) is 1.23. The van der Waals surface area contributed by atoms with Gasteiger partial charge in [-0.2, -0.15) is 5.10 Å². The maximum atomic E-state index is 3.93. The summed E-state index contributed by atoms with van der Waals surface area (Å²) in [7, 11) is 0. The van der Waals surface area contributed by atoms with Gasteiger partial charge >= 0.3 is 0 Å². The third-order valence-electron chi connectivity index (χ3n) is 2.46. The van der Waals surface area contributed by atoms with Crippen LogP contribution in [0.5, 0.6) is 0 Å². The van der Waals surface area contributed by atoms with Crippen molar-refractivity contribution < 1.29 is 0 Å². The van der Waals surface area contributed by atoms with Crippen molar-refractivity contribution >= 4 is 0 Å². The Hall–Kier alpha value is -0.830. The van der Waals surface area contributed by atoms with E-state index >= 15 is 0 Å². The molecule has 1 unspecified atom stereocenters. The maximum Gasteiger partial charge on any atom is 0.0492 e. The highest BCUT2D eigenvalue weighted by Crippen LogP contribution is 2.16. The highest BCUT2D eigenvalue weighted by molar-refractivity contribution is 4.97. The van der Waals surface area contributed by atoms with Crippen molar-refractivity contribution in [2.24, 2.45) is 5.92 Å². The van der Waals surface area contributed by atoms with Crippen molar-refractivity contribution in [3.63, 3.8) is 0 Å². The van der Waals surface area contributed by atoms with Crippen LogP contribution in [0.15, 0.2) is 12.3 Å². The van der Waals surface area contributed by atoms with Crippen LogP contribution in [0, 0.1) is 5.92 Å². The Balaban J connectivity index is 1.88. The summed E-state index contributed by atoms with van der Waals surface area (Å²) in [6, 6.07) is 2.04. The first-order chi connectivity index (χ1) is 5.84. The normalized spacial score (nSPS) is 24.9. The summed E-state index contributed by atoms with van der Waals surface area (Å²) in [6.07, 6.45) is 3.16. The first-order valence-electron chi connectivity index (χ1n) is 4.55. The third-order valence-corrected chi connectivity index (χ3v) is 2.46. The van der Waals surface area contributed by atoms with Gasteiger partial charge in [-0.1, -0.05) is 6.92 Å². The summed E-state index contributed by atoms with van der Waals surface area (Å²) in [6.45, 7) is 5.82. The predicted octanol–water partition coefficient (Wildman–Crippen LogP) is 1.25. The average molecular weight is 165 g/mol. The molecule has 3 nitrogen and oxygen atoms in total. The van der Waals surface area contributed by atoms with E-state index in [1.807, 2.05) is 12.3 Å². The second-order valence-corrected chi connectivity index (χ2v) is 3.71. The summed E-state index contributed by atoms with van der Waals surface area (Å²) in [5.74, 6) is 0.868. The van der Waals surface area contributed by atoms with Crippen LogP contribution in [0.2, 0.25) is 0 Å². The van der Waals surface area contributed by atoms with Gasteiger partial charge < -0.3 is 0 Å². The van der Waals surface area contributed by atoms with Crippen LogP contribution in [0.4, 0.5) is 0 Å².